The van der Waals surface area contributed by atoms with Gasteiger partial charge in [-0.3, -0.25) is 10.1 Å². The van der Waals surface area contributed by atoms with E-state index in [1.165, 1.54) is 18.3 Å². The van der Waals surface area contributed by atoms with Gasteiger partial charge in [-0.15, -0.1) is 0 Å². The number of urea groups is 1. The van der Waals surface area contributed by atoms with Crippen molar-refractivity contribution in [3.8, 4) is 0 Å². The van der Waals surface area contributed by atoms with Crippen molar-refractivity contribution >= 4 is 23.6 Å². The number of rotatable bonds is 6. The van der Waals surface area contributed by atoms with E-state index in [1.54, 1.807) is 6.07 Å². The highest BCUT2D eigenvalue weighted by atomic mass is 16.6. The van der Waals surface area contributed by atoms with E-state index in [0.717, 1.165) is 18.8 Å². The van der Waals surface area contributed by atoms with Crippen LogP contribution in [0.2, 0.25) is 0 Å². The molecule has 0 radical (unpaired) electrons. The molecule has 0 heterocycles. The van der Waals surface area contributed by atoms with Gasteiger partial charge in [0.1, 0.15) is 0 Å². The minimum atomic E-state index is -0.795. The number of amides is 2. The monoisotopic (exact) mass is 279 g/mol. The van der Waals surface area contributed by atoms with Gasteiger partial charge in [-0.05, 0) is 19.9 Å². The number of anilines is 1. The number of nitro benzene ring substituents is 1. The molecule has 0 unspecified atom stereocenters. The van der Waals surface area contributed by atoms with Crippen LogP contribution in [0.4, 0.5) is 16.2 Å². The Hall–Kier alpha value is -2.64. The summed E-state index contributed by atoms with van der Waals surface area (Å²) < 4.78 is 0. The molecule has 0 aromatic heterocycles. The maximum atomic E-state index is 10.8. The Morgan fingerprint density at radius 1 is 1.50 bits per heavy atom. The summed E-state index contributed by atoms with van der Waals surface area (Å²) in [4.78, 5) is 22.9. The quantitative estimate of drug-likeness (QED) is 0.466. The molecule has 8 heteroatoms. The normalized spacial score (nSPS) is 10.5. The number of carbonyl (C=O) groups excluding carboxylic acids is 1. The van der Waals surface area contributed by atoms with Crippen LogP contribution in [0.25, 0.3) is 0 Å². The SMILES string of the molecule is CCN(CC)c1ccc([N+](=O)[O-])cc1/C=N/NC(N)=O. The Labute approximate surface area is 116 Å². The maximum Gasteiger partial charge on any atom is 0.332 e. The van der Waals surface area contributed by atoms with Gasteiger partial charge in [0.05, 0.1) is 11.1 Å². The molecule has 108 valence electrons. The number of nitro groups is 1. The van der Waals surface area contributed by atoms with Crippen LogP contribution in [-0.2, 0) is 0 Å². The summed E-state index contributed by atoms with van der Waals surface area (Å²) in [7, 11) is 0. The van der Waals surface area contributed by atoms with E-state index in [4.69, 9.17) is 5.73 Å². The average molecular weight is 279 g/mol. The van der Waals surface area contributed by atoms with Crippen LogP contribution in [0.1, 0.15) is 19.4 Å². The first-order chi connectivity index (χ1) is 9.49. The molecule has 2 amide bonds. The second-order valence-electron chi connectivity index (χ2n) is 3.91. The standard InChI is InChI=1S/C12H17N5O3/c1-3-16(4-2)11-6-5-10(17(19)20)7-9(11)8-14-15-12(13)18/h5-8H,3-4H2,1-2H3,(H3,13,15,18)/b14-8+. The molecular weight excluding hydrogens is 262 g/mol. The number of nitrogens with zero attached hydrogens (tertiary/aromatic N) is 3. The molecule has 0 fully saturated rings. The van der Waals surface area contributed by atoms with Gasteiger partial charge in [0.2, 0.25) is 0 Å². The molecule has 0 spiro atoms. The van der Waals surface area contributed by atoms with E-state index in [9.17, 15) is 14.9 Å². The van der Waals surface area contributed by atoms with Gasteiger partial charge >= 0.3 is 6.03 Å². The van der Waals surface area contributed by atoms with Crippen molar-refractivity contribution in [2.45, 2.75) is 13.8 Å². The van der Waals surface area contributed by atoms with E-state index >= 15 is 0 Å². The Morgan fingerprint density at radius 3 is 2.65 bits per heavy atom. The molecule has 3 N–H and O–H groups in total. The summed E-state index contributed by atoms with van der Waals surface area (Å²) in [5.41, 5.74) is 8.27. The summed E-state index contributed by atoms with van der Waals surface area (Å²) in [6.07, 6.45) is 1.34. The average Bonchev–Trinajstić information content (AvgIpc) is 2.40. The number of carbonyl (C=O) groups is 1. The van der Waals surface area contributed by atoms with E-state index in [-0.39, 0.29) is 5.69 Å². The fraction of sp³-hybridized carbons (Fsp3) is 0.333. The van der Waals surface area contributed by atoms with Gasteiger partial charge in [-0.1, -0.05) is 0 Å². The van der Waals surface area contributed by atoms with Gasteiger partial charge in [-0.25, -0.2) is 10.2 Å². The lowest BCUT2D eigenvalue weighted by molar-refractivity contribution is -0.384. The minimum Gasteiger partial charge on any atom is -0.372 e. The molecular formula is C12H17N5O3. The number of benzene rings is 1. The lowest BCUT2D eigenvalue weighted by Gasteiger charge is -2.22. The smallest absolute Gasteiger partial charge is 0.332 e. The van der Waals surface area contributed by atoms with E-state index in [0.29, 0.717) is 5.56 Å². The highest BCUT2D eigenvalue weighted by Gasteiger charge is 2.13. The molecule has 1 aromatic rings. The third kappa shape index (κ3) is 3.94. The van der Waals surface area contributed by atoms with Crippen molar-refractivity contribution in [3.63, 3.8) is 0 Å². The molecule has 0 aliphatic heterocycles. The van der Waals surface area contributed by atoms with E-state index in [1.807, 2.05) is 18.7 Å². The molecule has 0 aliphatic rings. The summed E-state index contributed by atoms with van der Waals surface area (Å²) in [5, 5.41) is 14.5. The van der Waals surface area contributed by atoms with Gasteiger partial charge in [0.15, 0.2) is 0 Å². The van der Waals surface area contributed by atoms with Crippen molar-refractivity contribution in [2.24, 2.45) is 10.8 Å². The van der Waals surface area contributed by atoms with Crippen molar-refractivity contribution in [3.05, 3.63) is 33.9 Å². The van der Waals surface area contributed by atoms with Gasteiger partial charge in [-0.2, -0.15) is 5.10 Å². The predicted octanol–water partition coefficient (Wildman–Crippen LogP) is 1.44. The van der Waals surface area contributed by atoms with Crippen LogP contribution < -0.4 is 16.1 Å². The second-order valence-corrected chi connectivity index (χ2v) is 3.91. The Morgan fingerprint density at radius 2 is 2.15 bits per heavy atom. The van der Waals surface area contributed by atoms with Crippen molar-refractivity contribution in [1.29, 1.82) is 0 Å². The molecule has 0 saturated carbocycles. The van der Waals surface area contributed by atoms with Crippen LogP contribution in [0, 0.1) is 10.1 Å². The molecule has 0 saturated heterocycles. The van der Waals surface area contributed by atoms with Gasteiger partial charge in [0.25, 0.3) is 5.69 Å². The third-order valence-corrected chi connectivity index (χ3v) is 2.70. The van der Waals surface area contributed by atoms with Crippen LogP contribution >= 0.6 is 0 Å². The van der Waals surface area contributed by atoms with Crippen LogP contribution in [0.3, 0.4) is 0 Å². The Kier molecular flexibility index (Phi) is 5.45. The summed E-state index contributed by atoms with van der Waals surface area (Å²) in [5.74, 6) is 0. The van der Waals surface area contributed by atoms with Crippen LogP contribution in [0.5, 0.6) is 0 Å². The molecule has 20 heavy (non-hydrogen) atoms. The first-order valence-corrected chi connectivity index (χ1v) is 6.11. The summed E-state index contributed by atoms with van der Waals surface area (Å²) in [6, 6.07) is 3.71. The van der Waals surface area contributed by atoms with Crippen molar-refractivity contribution in [1.82, 2.24) is 5.43 Å². The number of nitrogens with two attached hydrogens (primary N) is 1. The summed E-state index contributed by atoms with van der Waals surface area (Å²) in [6.45, 7) is 5.46. The fourth-order valence-corrected chi connectivity index (χ4v) is 1.78. The van der Waals surface area contributed by atoms with Crippen LogP contribution in [-0.4, -0.2) is 30.3 Å². The fourth-order valence-electron chi connectivity index (χ4n) is 1.78. The molecule has 8 nitrogen and oxygen atoms in total. The van der Waals surface area contributed by atoms with Gasteiger partial charge in [0, 0.05) is 36.5 Å². The topological polar surface area (TPSA) is 114 Å². The zero-order chi connectivity index (χ0) is 15.1. The van der Waals surface area contributed by atoms with E-state index < -0.39 is 11.0 Å². The first-order valence-electron chi connectivity index (χ1n) is 6.11. The third-order valence-electron chi connectivity index (χ3n) is 2.70. The van der Waals surface area contributed by atoms with E-state index in [2.05, 4.69) is 10.5 Å². The number of non-ortho nitro benzene ring substituents is 1. The second kappa shape index (κ2) is 7.07. The number of hydrogen-bond donors (Lipinski definition) is 2. The zero-order valence-electron chi connectivity index (χ0n) is 11.4. The highest BCUT2D eigenvalue weighted by Crippen LogP contribution is 2.24. The van der Waals surface area contributed by atoms with Crippen molar-refractivity contribution in [2.75, 3.05) is 18.0 Å². The highest BCUT2D eigenvalue weighted by molar-refractivity contribution is 5.89. The molecule has 0 aliphatic carbocycles. The predicted molar refractivity (Wildman–Crippen MR) is 77.0 cm³/mol. The minimum absolute atomic E-state index is 0.0403. The Bertz CT molecular complexity index is 526. The maximum absolute atomic E-state index is 10.8. The molecule has 0 atom stereocenters. The lowest BCUT2D eigenvalue weighted by Crippen LogP contribution is -2.25. The first kappa shape index (κ1) is 15.4. The Balaban J connectivity index is 3.18. The molecule has 1 rings (SSSR count). The van der Waals surface area contributed by atoms with Crippen LogP contribution in [0.15, 0.2) is 23.3 Å². The zero-order valence-corrected chi connectivity index (χ0v) is 11.4. The lowest BCUT2D eigenvalue weighted by atomic mass is 10.1. The molecule has 0 bridgehead atoms. The summed E-state index contributed by atoms with van der Waals surface area (Å²) >= 11 is 0. The number of hydrazone groups is 1. The van der Waals surface area contributed by atoms with Gasteiger partial charge < -0.3 is 10.6 Å². The molecule has 1 aromatic carbocycles. The van der Waals surface area contributed by atoms with Crippen molar-refractivity contribution < 1.29 is 9.72 Å². The number of hydrogen-bond acceptors (Lipinski definition) is 5. The largest absolute Gasteiger partial charge is 0.372 e. The number of nitrogens with one attached hydrogen (secondary N) is 1. The number of primary amides is 1.